The summed E-state index contributed by atoms with van der Waals surface area (Å²) in [6.07, 6.45) is 0.853. The Balaban J connectivity index is 2.42. The van der Waals surface area contributed by atoms with Crippen LogP contribution in [-0.2, 0) is 4.79 Å². The number of urea groups is 1. The number of amides is 3. The molecule has 3 amide bonds. The number of fused-ring (bicyclic) bond motifs is 1. The van der Waals surface area contributed by atoms with Gasteiger partial charge in [-0.2, -0.15) is 0 Å². The van der Waals surface area contributed by atoms with Crippen molar-refractivity contribution in [2.45, 2.75) is 33.2 Å². The highest BCUT2D eigenvalue weighted by molar-refractivity contribution is 6.01. The minimum Gasteiger partial charge on any atom is -0.323 e. The van der Waals surface area contributed by atoms with Crippen molar-refractivity contribution in [1.29, 1.82) is 0 Å². The van der Waals surface area contributed by atoms with Gasteiger partial charge in [0.1, 0.15) is 0 Å². The number of imide groups is 1. The van der Waals surface area contributed by atoms with E-state index in [0.29, 0.717) is 0 Å². The van der Waals surface area contributed by atoms with Crippen LogP contribution in [0, 0.1) is 10.8 Å². The van der Waals surface area contributed by atoms with Gasteiger partial charge >= 0.3 is 6.03 Å². The summed E-state index contributed by atoms with van der Waals surface area (Å²) in [5.41, 5.74) is -0.322. The molecule has 1 aliphatic heterocycles. The van der Waals surface area contributed by atoms with E-state index in [1.807, 2.05) is 6.92 Å². The standard InChI is InChI=1S/C11H18N2O2/c1-10(2)6-11(3)7(10)12(4)9(15)13(5)8(11)14/h7H,6H2,1-5H3. The third-order valence-electron chi connectivity index (χ3n) is 3.94. The van der Waals surface area contributed by atoms with E-state index < -0.39 is 0 Å². The Labute approximate surface area is 90.2 Å². The molecule has 2 rings (SSSR count). The molecule has 2 atom stereocenters. The highest BCUT2D eigenvalue weighted by atomic mass is 16.2. The Morgan fingerprint density at radius 2 is 1.73 bits per heavy atom. The second-order valence-electron chi connectivity index (χ2n) is 5.74. The second-order valence-corrected chi connectivity index (χ2v) is 5.74. The van der Waals surface area contributed by atoms with Gasteiger partial charge in [0.25, 0.3) is 0 Å². The third-order valence-corrected chi connectivity index (χ3v) is 3.94. The molecule has 0 aromatic rings. The fourth-order valence-electron chi connectivity index (χ4n) is 3.83. The predicted molar refractivity (Wildman–Crippen MR) is 56.2 cm³/mol. The number of rotatable bonds is 0. The molecule has 84 valence electrons. The molecule has 1 saturated carbocycles. The molecular weight excluding hydrogens is 192 g/mol. The maximum absolute atomic E-state index is 12.0. The molecule has 2 unspecified atom stereocenters. The normalized spacial score (nSPS) is 38.9. The van der Waals surface area contributed by atoms with Crippen LogP contribution >= 0.6 is 0 Å². The van der Waals surface area contributed by atoms with Crippen molar-refractivity contribution in [3.05, 3.63) is 0 Å². The zero-order chi connectivity index (χ0) is 11.6. The fraction of sp³-hybridized carbons (Fsp3) is 0.818. The van der Waals surface area contributed by atoms with E-state index >= 15 is 0 Å². The average Bonchev–Trinajstić information content (AvgIpc) is 2.10. The van der Waals surface area contributed by atoms with Gasteiger partial charge in [-0.1, -0.05) is 13.8 Å². The number of carbonyl (C=O) groups is 2. The van der Waals surface area contributed by atoms with E-state index in [-0.39, 0.29) is 28.8 Å². The Morgan fingerprint density at radius 1 is 1.20 bits per heavy atom. The first kappa shape index (κ1) is 10.5. The second kappa shape index (κ2) is 2.54. The molecule has 0 bridgehead atoms. The summed E-state index contributed by atoms with van der Waals surface area (Å²) < 4.78 is 0. The van der Waals surface area contributed by atoms with Gasteiger partial charge in [-0.25, -0.2) is 4.79 Å². The first-order valence-corrected chi connectivity index (χ1v) is 5.27. The molecular formula is C11H18N2O2. The Hall–Kier alpha value is -1.06. The summed E-state index contributed by atoms with van der Waals surface area (Å²) >= 11 is 0. The van der Waals surface area contributed by atoms with Gasteiger partial charge < -0.3 is 4.90 Å². The van der Waals surface area contributed by atoms with Gasteiger partial charge in [-0.3, -0.25) is 9.69 Å². The van der Waals surface area contributed by atoms with Crippen molar-refractivity contribution in [3.8, 4) is 0 Å². The zero-order valence-electron chi connectivity index (χ0n) is 10.00. The lowest BCUT2D eigenvalue weighted by Crippen LogP contribution is -2.75. The van der Waals surface area contributed by atoms with Crippen molar-refractivity contribution in [3.63, 3.8) is 0 Å². The van der Waals surface area contributed by atoms with Crippen LogP contribution in [0.3, 0.4) is 0 Å². The molecule has 15 heavy (non-hydrogen) atoms. The molecule has 2 fully saturated rings. The summed E-state index contributed by atoms with van der Waals surface area (Å²) in [5.74, 6) is -0.0325. The highest BCUT2D eigenvalue weighted by Gasteiger charge is 2.66. The lowest BCUT2D eigenvalue weighted by molar-refractivity contribution is -0.175. The van der Waals surface area contributed by atoms with Crippen molar-refractivity contribution in [1.82, 2.24) is 9.80 Å². The van der Waals surface area contributed by atoms with E-state index in [0.717, 1.165) is 6.42 Å². The first-order valence-electron chi connectivity index (χ1n) is 5.27. The summed E-state index contributed by atoms with van der Waals surface area (Å²) in [5, 5.41) is 0. The number of hydrogen-bond donors (Lipinski definition) is 0. The molecule has 0 aromatic heterocycles. The zero-order valence-corrected chi connectivity index (χ0v) is 10.00. The molecule has 0 aromatic carbocycles. The van der Waals surface area contributed by atoms with E-state index in [1.165, 1.54) is 4.90 Å². The van der Waals surface area contributed by atoms with Crippen molar-refractivity contribution in [2.75, 3.05) is 14.1 Å². The smallest absolute Gasteiger partial charge is 0.323 e. The molecule has 0 N–H and O–H groups in total. The SMILES string of the molecule is CN1C(=O)N(C)C2C(C)(C)CC2(C)C1=O. The number of nitrogens with zero attached hydrogens (tertiary/aromatic N) is 2. The minimum absolute atomic E-state index is 0.0325. The van der Waals surface area contributed by atoms with Crippen molar-refractivity contribution < 1.29 is 9.59 Å². The van der Waals surface area contributed by atoms with Gasteiger partial charge in [-0.05, 0) is 18.8 Å². The minimum atomic E-state index is -0.374. The molecule has 1 heterocycles. The van der Waals surface area contributed by atoms with E-state index in [1.54, 1.807) is 19.0 Å². The lowest BCUT2D eigenvalue weighted by Gasteiger charge is -2.64. The summed E-state index contributed by atoms with van der Waals surface area (Å²) in [4.78, 5) is 26.8. The Bertz CT molecular complexity index is 350. The van der Waals surface area contributed by atoms with E-state index in [2.05, 4.69) is 13.8 Å². The first-order chi connectivity index (χ1) is 6.72. The highest BCUT2D eigenvalue weighted by Crippen LogP contribution is 2.58. The maximum atomic E-state index is 12.0. The lowest BCUT2D eigenvalue weighted by atomic mass is 9.49. The van der Waals surface area contributed by atoms with Gasteiger partial charge in [0.05, 0.1) is 11.5 Å². The van der Waals surface area contributed by atoms with Crippen LogP contribution in [0.4, 0.5) is 4.79 Å². The van der Waals surface area contributed by atoms with Gasteiger partial charge in [0, 0.05) is 14.1 Å². The maximum Gasteiger partial charge on any atom is 0.326 e. The van der Waals surface area contributed by atoms with Gasteiger partial charge in [-0.15, -0.1) is 0 Å². The number of carbonyl (C=O) groups excluding carboxylic acids is 2. The predicted octanol–water partition coefficient (Wildman–Crippen LogP) is 1.31. The molecule has 0 spiro atoms. The molecule has 4 nitrogen and oxygen atoms in total. The monoisotopic (exact) mass is 210 g/mol. The molecule has 1 saturated heterocycles. The Morgan fingerprint density at radius 3 is 2.20 bits per heavy atom. The molecule has 4 heteroatoms. The van der Waals surface area contributed by atoms with Gasteiger partial charge in [0.2, 0.25) is 5.91 Å². The van der Waals surface area contributed by atoms with Crippen molar-refractivity contribution in [2.24, 2.45) is 10.8 Å². The van der Waals surface area contributed by atoms with Crippen LogP contribution in [0.1, 0.15) is 27.2 Å². The largest absolute Gasteiger partial charge is 0.326 e. The van der Waals surface area contributed by atoms with E-state index in [9.17, 15) is 9.59 Å². The molecule has 1 aliphatic carbocycles. The van der Waals surface area contributed by atoms with Crippen LogP contribution in [-0.4, -0.2) is 41.9 Å². The third kappa shape index (κ3) is 1.02. The van der Waals surface area contributed by atoms with Crippen LogP contribution in [0.5, 0.6) is 0 Å². The van der Waals surface area contributed by atoms with Gasteiger partial charge in [0.15, 0.2) is 0 Å². The van der Waals surface area contributed by atoms with E-state index in [4.69, 9.17) is 0 Å². The van der Waals surface area contributed by atoms with Crippen LogP contribution in [0.15, 0.2) is 0 Å². The summed E-state index contributed by atoms with van der Waals surface area (Å²) in [6, 6.07) is -0.142. The molecule has 0 radical (unpaired) electrons. The van der Waals surface area contributed by atoms with Crippen molar-refractivity contribution >= 4 is 11.9 Å². The topological polar surface area (TPSA) is 40.6 Å². The molecule has 2 aliphatic rings. The van der Waals surface area contributed by atoms with Crippen LogP contribution in [0.2, 0.25) is 0 Å². The Kier molecular flexibility index (Phi) is 1.77. The quantitative estimate of drug-likeness (QED) is 0.605. The van der Waals surface area contributed by atoms with Crippen LogP contribution < -0.4 is 0 Å². The average molecular weight is 210 g/mol. The summed E-state index contributed by atoms with van der Waals surface area (Å²) in [7, 11) is 3.35. The fourth-order valence-corrected chi connectivity index (χ4v) is 3.83. The summed E-state index contributed by atoms with van der Waals surface area (Å²) in [6.45, 7) is 6.19. The van der Waals surface area contributed by atoms with Crippen LogP contribution in [0.25, 0.3) is 0 Å². The number of hydrogen-bond acceptors (Lipinski definition) is 2.